The summed E-state index contributed by atoms with van der Waals surface area (Å²) >= 11 is 5.86. The zero-order chi connectivity index (χ0) is 8.97. The van der Waals surface area contributed by atoms with Crippen LogP contribution in [0.25, 0.3) is 0 Å². The van der Waals surface area contributed by atoms with Gasteiger partial charge in [-0.25, -0.2) is 0 Å². The van der Waals surface area contributed by atoms with Crippen molar-refractivity contribution < 1.29 is 4.74 Å². The predicted octanol–water partition coefficient (Wildman–Crippen LogP) is 3.44. The molecule has 0 N–H and O–H groups in total. The van der Waals surface area contributed by atoms with Gasteiger partial charge in [0, 0.05) is 5.02 Å². The molecule has 0 radical (unpaired) electrons. The molecule has 2 heteroatoms. The van der Waals surface area contributed by atoms with Crippen LogP contribution in [0.4, 0.5) is 0 Å². The number of hydrogen-bond acceptors (Lipinski definition) is 1. The zero-order valence-corrected chi connectivity index (χ0v) is 8.19. The van der Waals surface area contributed by atoms with Crippen LogP contribution in [0.5, 0.6) is 5.75 Å². The second-order valence-electron chi connectivity index (χ2n) is 2.76. The van der Waals surface area contributed by atoms with Gasteiger partial charge in [-0.15, -0.1) is 0 Å². The Kier molecular flexibility index (Phi) is 3.42. The van der Waals surface area contributed by atoms with Crippen LogP contribution in [-0.2, 0) is 0 Å². The molecule has 0 saturated carbocycles. The number of aryl methyl sites for hydroxylation is 1. The van der Waals surface area contributed by atoms with Gasteiger partial charge in [-0.05, 0) is 37.1 Å². The van der Waals surface area contributed by atoms with Gasteiger partial charge in [0.05, 0.1) is 6.61 Å². The molecule has 0 aliphatic heterocycles. The molecule has 66 valence electrons. The van der Waals surface area contributed by atoms with Gasteiger partial charge in [0.25, 0.3) is 0 Å². The fourth-order valence-corrected chi connectivity index (χ4v) is 1.04. The van der Waals surface area contributed by atoms with Gasteiger partial charge in [-0.2, -0.15) is 0 Å². The van der Waals surface area contributed by atoms with Gasteiger partial charge in [-0.1, -0.05) is 18.5 Å². The lowest BCUT2D eigenvalue weighted by molar-refractivity contribution is 0.317. The maximum absolute atomic E-state index is 5.86. The van der Waals surface area contributed by atoms with Crippen LogP contribution in [0.2, 0.25) is 5.02 Å². The Hall–Kier alpha value is -0.690. The van der Waals surface area contributed by atoms with Crippen LogP contribution in [0, 0.1) is 6.92 Å². The molecule has 0 aliphatic rings. The van der Waals surface area contributed by atoms with Crippen LogP contribution >= 0.6 is 11.6 Å². The topological polar surface area (TPSA) is 9.23 Å². The van der Waals surface area contributed by atoms with Crippen molar-refractivity contribution in [1.82, 2.24) is 0 Å². The zero-order valence-electron chi connectivity index (χ0n) is 7.43. The number of halogens is 1. The average Bonchev–Trinajstić information content (AvgIpc) is 2.07. The quantitative estimate of drug-likeness (QED) is 0.700. The summed E-state index contributed by atoms with van der Waals surface area (Å²) < 4.78 is 5.43. The summed E-state index contributed by atoms with van der Waals surface area (Å²) in [4.78, 5) is 0. The average molecular weight is 185 g/mol. The Morgan fingerprint density at radius 1 is 1.42 bits per heavy atom. The number of benzene rings is 1. The van der Waals surface area contributed by atoms with Crippen molar-refractivity contribution in [3.63, 3.8) is 0 Å². The minimum atomic E-state index is 0.765. The SMILES string of the molecule is CCCOc1ccc(Cl)c(C)c1. The van der Waals surface area contributed by atoms with E-state index in [1.54, 1.807) is 0 Å². The molecule has 0 aliphatic carbocycles. The summed E-state index contributed by atoms with van der Waals surface area (Å²) in [5.74, 6) is 0.902. The Balaban J connectivity index is 2.69. The summed E-state index contributed by atoms with van der Waals surface area (Å²) in [6.45, 7) is 4.82. The lowest BCUT2D eigenvalue weighted by Crippen LogP contribution is -1.94. The maximum Gasteiger partial charge on any atom is 0.119 e. The molecule has 0 spiro atoms. The van der Waals surface area contributed by atoms with Crippen molar-refractivity contribution in [3.8, 4) is 5.75 Å². The van der Waals surface area contributed by atoms with Crippen LogP contribution in [-0.4, -0.2) is 6.61 Å². The van der Waals surface area contributed by atoms with Crippen molar-refractivity contribution in [2.75, 3.05) is 6.61 Å². The van der Waals surface area contributed by atoms with E-state index < -0.39 is 0 Å². The van der Waals surface area contributed by atoms with Crippen molar-refractivity contribution in [3.05, 3.63) is 28.8 Å². The molecule has 0 atom stereocenters. The summed E-state index contributed by atoms with van der Waals surface area (Å²) in [6, 6.07) is 5.71. The lowest BCUT2D eigenvalue weighted by atomic mass is 10.2. The lowest BCUT2D eigenvalue weighted by Gasteiger charge is -2.05. The van der Waals surface area contributed by atoms with E-state index in [-0.39, 0.29) is 0 Å². The number of rotatable bonds is 3. The first-order chi connectivity index (χ1) is 5.74. The van der Waals surface area contributed by atoms with Crippen LogP contribution in [0.1, 0.15) is 18.9 Å². The Morgan fingerprint density at radius 2 is 2.17 bits per heavy atom. The van der Waals surface area contributed by atoms with Gasteiger partial charge >= 0.3 is 0 Å². The van der Waals surface area contributed by atoms with Crippen LogP contribution in [0.3, 0.4) is 0 Å². The molecule has 1 nitrogen and oxygen atoms in total. The molecule has 0 unspecified atom stereocenters. The van der Waals surface area contributed by atoms with Gasteiger partial charge in [-0.3, -0.25) is 0 Å². The summed E-state index contributed by atoms with van der Waals surface area (Å²) in [7, 11) is 0. The van der Waals surface area contributed by atoms with Crippen molar-refractivity contribution in [2.45, 2.75) is 20.3 Å². The van der Waals surface area contributed by atoms with Crippen LogP contribution < -0.4 is 4.74 Å². The molecule has 0 heterocycles. The van der Waals surface area contributed by atoms with E-state index >= 15 is 0 Å². The van der Waals surface area contributed by atoms with Gasteiger partial charge < -0.3 is 4.74 Å². The van der Waals surface area contributed by atoms with E-state index in [1.165, 1.54) is 0 Å². The van der Waals surface area contributed by atoms with Gasteiger partial charge in [0.15, 0.2) is 0 Å². The van der Waals surface area contributed by atoms with E-state index in [0.717, 1.165) is 29.4 Å². The highest BCUT2D eigenvalue weighted by Gasteiger charge is 1.96. The van der Waals surface area contributed by atoms with E-state index in [0.29, 0.717) is 0 Å². The maximum atomic E-state index is 5.86. The normalized spacial score (nSPS) is 9.92. The highest BCUT2D eigenvalue weighted by molar-refractivity contribution is 6.31. The molecule has 1 aromatic carbocycles. The van der Waals surface area contributed by atoms with Crippen LogP contribution in [0.15, 0.2) is 18.2 Å². The highest BCUT2D eigenvalue weighted by atomic mass is 35.5. The first-order valence-electron chi connectivity index (χ1n) is 4.13. The van der Waals surface area contributed by atoms with Crippen molar-refractivity contribution in [1.29, 1.82) is 0 Å². The molecule has 0 saturated heterocycles. The molecule has 12 heavy (non-hydrogen) atoms. The standard InChI is InChI=1S/C10H13ClO/c1-3-6-12-9-4-5-10(11)8(2)7-9/h4-5,7H,3,6H2,1-2H3. The summed E-state index contributed by atoms with van der Waals surface area (Å²) in [5.41, 5.74) is 1.06. The van der Waals surface area contributed by atoms with E-state index in [4.69, 9.17) is 16.3 Å². The minimum Gasteiger partial charge on any atom is -0.494 e. The van der Waals surface area contributed by atoms with E-state index in [9.17, 15) is 0 Å². The molecule has 0 aromatic heterocycles. The number of ether oxygens (including phenoxy) is 1. The molecule has 1 rings (SSSR count). The minimum absolute atomic E-state index is 0.765. The third kappa shape index (κ3) is 2.42. The van der Waals surface area contributed by atoms with Crippen molar-refractivity contribution in [2.24, 2.45) is 0 Å². The van der Waals surface area contributed by atoms with Crippen molar-refractivity contribution >= 4 is 11.6 Å². The van der Waals surface area contributed by atoms with Gasteiger partial charge in [0.1, 0.15) is 5.75 Å². The Morgan fingerprint density at radius 3 is 2.75 bits per heavy atom. The monoisotopic (exact) mass is 184 g/mol. The third-order valence-electron chi connectivity index (χ3n) is 1.60. The fourth-order valence-electron chi connectivity index (χ4n) is 0.927. The third-order valence-corrected chi connectivity index (χ3v) is 2.03. The first kappa shape index (κ1) is 9.40. The predicted molar refractivity (Wildman–Crippen MR) is 52.0 cm³/mol. The molecular formula is C10H13ClO. The second-order valence-corrected chi connectivity index (χ2v) is 3.17. The molecule has 0 amide bonds. The summed E-state index contributed by atoms with van der Waals surface area (Å²) in [6.07, 6.45) is 1.03. The molecule has 0 fully saturated rings. The smallest absolute Gasteiger partial charge is 0.119 e. The second kappa shape index (κ2) is 4.36. The van der Waals surface area contributed by atoms with Gasteiger partial charge in [0.2, 0.25) is 0 Å². The first-order valence-corrected chi connectivity index (χ1v) is 4.50. The largest absolute Gasteiger partial charge is 0.494 e. The fraction of sp³-hybridized carbons (Fsp3) is 0.400. The molecule has 1 aromatic rings. The Bertz CT molecular complexity index is 258. The molecule has 0 bridgehead atoms. The van der Waals surface area contributed by atoms with E-state index in [1.807, 2.05) is 25.1 Å². The van der Waals surface area contributed by atoms with E-state index in [2.05, 4.69) is 6.92 Å². The highest BCUT2D eigenvalue weighted by Crippen LogP contribution is 2.20. The number of hydrogen-bond donors (Lipinski definition) is 0. The summed E-state index contributed by atoms with van der Waals surface area (Å²) in [5, 5.41) is 0.791. The Labute approximate surface area is 78.3 Å². The molecular weight excluding hydrogens is 172 g/mol.